The van der Waals surface area contributed by atoms with E-state index in [2.05, 4.69) is 42.3 Å². The van der Waals surface area contributed by atoms with Crippen molar-refractivity contribution in [3.05, 3.63) is 65.2 Å². The molecule has 2 N–H and O–H groups in total. The van der Waals surface area contributed by atoms with E-state index in [4.69, 9.17) is 0 Å². The molecule has 3 rings (SSSR count). The number of hydrogen-bond donors (Lipinski definition) is 2. The van der Waals surface area contributed by atoms with Gasteiger partial charge in [0.25, 0.3) is 5.91 Å². The molecule has 1 unspecified atom stereocenters. The van der Waals surface area contributed by atoms with E-state index in [-0.39, 0.29) is 17.7 Å². The fourth-order valence-corrected chi connectivity index (χ4v) is 4.18. The van der Waals surface area contributed by atoms with Crippen LogP contribution < -0.4 is 5.32 Å². The molecule has 1 aliphatic rings. The Bertz CT molecular complexity index is 817. The maximum Gasteiger partial charge on any atom is 0.253 e. The van der Waals surface area contributed by atoms with Crippen molar-refractivity contribution in [1.82, 2.24) is 15.1 Å². The van der Waals surface area contributed by atoms with Gasteiger partial charge in [-0.25, -0.2) is 0 Å². The van der Waals surface area contributed by atoms with Gasteiger partial charge in [0.1, 0.15) is 5.75 Å². The Balaban J connectivity index is 1.97. The molecule has 2 aromatic rings. The van der Waals surface area contributed by atoms with E-state index in [1.54, 1.807) is 6.07 Å². The zero-order valence-corrected chi connectivity index (χ0v) is 17.9. The highest BCUT2D eigenvalue weighted by Gasteiger charge is 2.31. The third-order valence-electron chi connectivity index (χ3n) is 5.85. The molecule has 5 heteroatoms. The third-order valence-corrected chi connectivity index (χ3v) is 5.85. The highest BCUT2D eigenvalue weighted by Crippen LogP contribution is 2.33. The van der Waals surface area contributed by atoms with Crippen LogP contribution in [0.15, 0.2) is 48.5 Å². The van der Waals surface area contributed by atoms with Crippen LogP contribution in [0.5, 0.6) is 5.75 Å². The lowest BCUT2D eigenvalue weighted by molar-refractivity contribution is 0.0773. The molecule has 1 amide bonds. The number of piperazine rings is 1. The van der Waals surface area contributed by atoms with Crippen molar-refractivity contribution in [2.75, 3.05) is 26.2 Å². The van der Waals surface area contributed by atoms with Crippen LogP contribution in [0.25, 0.3) is 0 Å². The Morgan fingerprint density at radius 1 is 1.14 bits per heavy atom. The smallest absolute Gasteiger partial charge is 0.253 e. The number of aromatic hydroxyl groups is 1. The molecule has 156 valence electrons. The van der Waals surface area contributed by atoms with Crippen LogP contribution in [0.4, 0.5) is 0 Å². The van der Waals surface area contributed by atoms with Crippen molar-refractivity contribution >= 4 is 5.91 Å². The zero-order valence-electron chi connectivity index (χ0n) is 17.9. The van der Waals surface area contributed by atoms with Gasteiger partial charge in [-0.05, 0) is 63.1 Å². The zero-order chi connectivity index (χ0) is 21.0. The molecule has 5 nitrogen and oxygen atoms in total. The molecule has 1 saturated heterocycles. The number of carbonyl (C=O) groups excluding carboxylic acids is 1. The van der Waals surface area contributed by atoms with Gasteiger partial charge in [-0.3, -0.25) is 9.69 Å². The summed E-state index contributed by atoms with van der Waals surface area (Å²) in [5, 5.41) is 13.6. The van der Waals surface area contributed by atoms with Crippen molar-refractivity contribution in [3.8, 4) is 5.75 Å². The number of rotatable bonds is 6. The van der Waals surface area contributed by atoms with Crippen molar-refractivity contribution in [2.24, 2.45) is 0 Å². The number of benzene rings is 2. The number of phenols is 1. The van der Waals surface area contributed by atoms with E-state index in [1.807, 2.05) is 43.0 Å². The molecular formula is C24H33N3O2. The van der Waals surface area contributed by atoms with Gasteiger partial charge in [-0.2, -0.15) is 0 Å². The second kappa shape index (κ2) is 9.42. The van der Waals surface area contributed by atoms with E-state index in [0.29, 0.717) is 30.7 Å². The molecule has 1 fully saturated rings. The predicted octanol–water partition coefficient (Wildman–Crippen LogP) is 3.65. The molecule has 3 atom stereocenters. The molecule has 0 bridgehead atoms. The molecule has 1 aliphatic heterocycles. The maximum absolute atomic E-state index is 12.7. The maximum atomic E-state index is 12.7. The van der Waals surface area contributed by atoms with E-state index >= 15 is 0 Å². The minimum atomic E-state index is 0.0271. The fourth-order valence-electron chi connectivity index (χ4n) is 4.18. The Morgan fingerprint density at radius 3 is 2.45 bits per heavy atom. The number of nitrogens with one attached hydrogen (secondary N) is 1. The first-order valence-electron chi connectivity index (χ1n) is 10.6. The Kier molecular flexibility index (Phi) is 6.93. The van der Waals surface area contributed by atoms with Crippen LogP contribution in [-0.2, 0) is 0 Å². The second-order valence-electron chi connectivity index (χ2n) is 7.95. The van der Waals surface area contributed by atoms with Crippen molar-refractivity contribution in [3.63, 3.8) is 0 Å². The summed E-state index contributed by atoms with van der Waals surface area (Å²) in [7, 11) is 0. The summed E-state index contributed by atoms with van der Waals surface area (Å²) in [5.41, 5.74) is 2.91. The average molecular weight is 396 g/mol. The molecule has 29 heavy (non-hydrogen) atoms. The summed E-state index contributed by atoms with van der Waals surface area (Å²) in [5.74, 6) is 0.344. The lowest BCUT2D eigenvalue weighted by Gasteiger charge is -2.43. The van der Waals surface area contributed by atoms with Crippen LogP contribution in [0.3, 0.4) is 0 Å². The van der Waals surface area contributed by atoms with Gasteiger partial charge >= 0.3 is 0 Å². The molecule has 0 radical (unpaired) electrons. The van der Waals surface area contributed by atoms with E-state index in [9.17, 15) is 9.90 Å². The molecule has 0 spiro atoms. The summed E-state index contributed by atoms with van der Waals surface area (Å²) >= 11 is 0. The number of hydrogen-bond acceptors (Lipinski definition) is 4. The largest absolute Gasteiger partial charge is 0.508 e. The first-order valence-corrected chi connectivity index (χ1v) is 10.6. The number of carbonyl (C=O) groups is 1. The summed E-state index contributed by atoms with van der Waals surface area (Å²) in [6, 6.07) is 16.3. The Morgan fingerprint density at radius 2 is 1.83 bits per heavy atom. The molecular weight excluding hydrogens is 362 g/mol. The van der Waals surface area contributed by atoms with Crippen LogP contribution >= 0.6 is 0 Å². The first-order chi connectivity index (χ1) is 13.9. The normalized spacial score (nSPS) is 21.0. The number of phenolic OH excluding ortho intramolecular Hbond substituents is 1. The van der Waals surface area contributed by atoms with Crippen molar-refractivity contribution in [2.45, 2.75) is 45.8 Å². The summed E-state index contributed by atoms with van der Waals surface area (Å²) in [6.07, 6.45) is 0. The van der Waals surface area contributed by atoms with Gasteiger partial charge in [-0.15, -0.1) is 0 Å². The van der Waals surface area contributed by atoms with Gasteiger partial charge in [-0.1, -0.05) is 24.3 Å². The second-order valence-corrected chi connectivity index (χ2v) is 7.95. The molecule has 0 aromatic heterocycles. The molecule has 2 aromatic carbocycles. The van der Waals surface area contributed by atoms with E-state index in [1.165, 1.54) is 0 Å². The highest BCUT2D eigenvalue weighted by atomic mass is 16.3. The standard InChI is InChI=1S/C24H33N3O2/c1-5-26(6-2)24(29)20-12-10-19(11-13-20)23(21-8-7-9-22(28)14-21)27-16-17(3)25-15-18(27)4/h7-14,17-18,23,25,28H,5-6,15-16H2,1-4H3/t17-,18-,23?/m0/s1. The SMILES string of the molecule is CCN(CC)C(=O)c1ccc(C(c2cccc(O)c2)N2C[C@H](C)NC[C@@H]2C)cc1. The van der Waals surface area contributed by atoms with Gasteiger partial charge in [0.2, 0.25) is 0 Å². The predicted molar refractivity (Wildman–Crippen MR) is 117 cm³/mol. The minimum absolute atomic E-state index is 0.0271. The molecule has 0 saturated carbocycles. The summed E-state index contributed by atoms with van der Waals surface area (Å²) in [4.78, 5) is 17.0. The topological polar surface area (TPSA) is 55.8 Å². The van der Waals surface area contributed by atoms with Crippen LogP contribution in [0.2, 0.25) is 0 Å². The lowest BCUT2D eigenvalue weighted by Crippen LogP contribution is -2.55. The average Bonchev–Trinajstić information content (AvgIpc) is 2.72. The van der Waals surface area contributed by atoms with Gasteiger partial charge in [0.05, 0.1) is 6.04 Å². The summed E-state index contributed by atoms with van der Waals surface area (Å²) in [6.45, 7) is 11.7. The quantitative estimate of drug-likeness (QED) is 0.784. The van der Waals surface area contributed by atoms with Crippen LogP contribution in [0, 0.1) is 0 Å². The minimum Gasteiger partial charge on any atom is -0.508 e. The number of nitrogens with zero attached hydrogens (tertiary/aromatic N) is 2. The third kappa shape index (κ3) is 4.80. The highest BCUT2D eigenvalue weighted by molar-refractivity contribution is 5.94. The fraction of sp³-hybridized carbons (Fsp3) is 0.458. The van der Waals surface area contributed by atoms with Crippen molar-refractivity contribution < 1.29 is 9.90 Å². The Hall–Kier alpha value is -2.37. The van der Waals surface area contributed by atoms with Crippen molar-refractivity contribution in [1.29, 1.82) is 0 Å². The lowest BCUT2D eigenvalue weighted by atomic mass is 9.93. The Labute approximate surface area is 174 Å². The first kappa shape index (κ1) is 21.3. The molecule has 1 heterocycles. The van der Waals surface area contributed by atoms with Gasteiger partial charge in [0.15, 0.2) is 0 Å². The number of amides is 1. The van der Waals surface area contributed by atoms with E-state index in [0.717, 1.165) is 24.2 Å². The van der Waals surface area contributed by atoms with Gasteiger partial charge in [0, 0.05) is 43.8 Å². The molecule has 0 aliphatic carbocycles. The summed E-state index contributed by atoms with van der Waals surface area (Å²) < 4.78 is 0. The van der Waals surface area contributed by atoms with E-state index < -0.39 is 0 Å². The van der Waals surface area contributed by atoms with Crippen LogP contribution in [-0.4, -0.2) is 59.1 Å². The van der Waals surface area contributed by atoms with Gasteiger partial charge < -0.3 is 15.3 Å². The monoisotopic (exact) mass is 395 g/mol. The van der Waals surface area contributed by atoms with Crippen LogP contribution in [0.1, 0.15) is 55.2 Å².